The van der Waals surface area contributed by atoms with Gasteiger partial charge in [0.05, 0.1) is 16.3 Å². The van der Waals surface area contributed by atoms with E-state index in [2.05, 4.69) is 10.3 Å². The van der Waals surface area contributed by atoms with Crippen LogP contribution in [0.3, 0.4) is 0 Å². The number of pyridine rings is 1. The number of anilines is 2. The van der Waals surface area contributed by atoms with Gasteiger partial charge in [0.2, 0.25) is 0 Å². The van der Waals surface area contributed by atoms with E-state index in [1.807, 2.05) is 11.4 Å². The van der Waals surface area contributed by atoms with Crippen LogP contribution in [0.2, 0.25) is 0 Å². The minimum absolute atomic E-state index is 0.236. The third-order valence-electron chi connectivity index (χ3n) is 3.73. The highest BCUT2D eigenvalue weighted by Gasteiger charge is 2.21. The number of aromatic hydroxyl groups is 1. The normalized spacial score (nSPS) is 19.1. The summed E-state index contributed by atoms with van der Waals surface area (Å²) in [4.78, 5) is 5.05. The van der Waals surface area contributed by atoms with Crippen molar-refractivity contribution in [3.8, 4) is 16.3 Å². The van der Waals surface area contributed by atoms with Gasteiger partial charge in [-0.2, -0.15) is 0 Å². The van der Waals surface area contributed by atoms with Crippen LogP contribution in [-0.4, -0.2) is 23.2 Å². The summed E-state index contributed by atoms with van der Waals surface area (Å²) in [5.41, 5.74) is 14.4. The average molecular weight is 290 g/mol. The molecule has 1 saturated heterocycles. The van der Waals surface area contributed by atoms with Gasteiger partial charge in [0, 0.05) is 6.54 Å². The third-order valence-corrected chi connectivity index (χ3v) is 4.66. The fourth-order valence-electron chi connectivity index (χ4n) is 2.66. The van der Waals surface area contributed by atoms with Gasteiger partial charge in [0.25, 0.3) is 0 Å². The summed E-state index contributed by atoms with van der Waals surface area (Å²) >= 11 is 1.45. The molecule has 1 atom stereocenters. The number of nitrogens with one attached hydrogen (secondary N) is 1. The lowest BCUT2D eigenvalue weighted by Gasteiger charge is -2.25. The monoisotopic (exact) mass is 290 g/mol. The summed E-state index contributed by atoms with van der Waals surface area (Å²) < 4.78 is 0. The molecule has 20 heavy (non-hydrogen) atoms. The Bertz CT molecular complexity index is 620. The Morgan fingerprint density at radius 1 is 1.40 bits per heavy atom. The highest BCUT2D eigenvalue weighted by molar-refractivity contribution is 7.14. The maximum Gasteiger partial charge on any atom is 0.147 e. The van der Waals surface area contributed by atoms with E-state index in [9.17, 15) is 5.11 Å². The summed E-state index contributed by atoms with van der Waals surface area (Å²) in [7, 11) is 0. The standard InChI is InChI=1S/C14H18N4OS/c15-12-9(8-2-1-4-17-7-8)6-10(18-14(12)16)13-11(19)3-5-20-13/h3,5-6,8,17,19H,1-2,4,7,15H2,(H2,16,18). The summed E-state index contributed by atoms with van der Waals surface area (Å²) in [6.07, 6.45) is 2.22. The minimum atomic E-state index is 0.236. The molecular formula is C14H18N4OS. The Morgan fingerprint density at radius 2 is 2.25 bits per heavy atom. The van der Waals surface area contributed by atoms with E-state index in [1.54, 1.807) is 6.07 Å². The van der Waals surface area contributed by atoms with Gasteiger partial charge in [0.1, 0.15) is 11.6 Å². The summed E-state index contributed by atoms with van der Waals surface area (Å²) in [5.74, 6) is 0.935. The van der Waals surface area contributed by atoms with Crippen molar-refractivity contribution in [1.82, 2.24) is 10.3 Å². The van der Waals surface area contributed by atoms with Gasteiger partial charge in [0.15, 0.2) is 0 Å². The van der Waals surface area contributed by atoms with E-state index in [1.165, 1.54) is 11.3 Å². The van der Waals surface area contributed by atoms with E-state index in [0.29, 0.717) is 23.1 Å². The topological polar surface area (TPSA) is 97.2 Å². The Morgan fingerprint density at radius 3 is 2.90 bits per heavy atom. The number of thiophene rings is 1. The molecule has 1 unspecified atom stereocenters. The van der Waals surface area contributed by atoms with E-state index in [0.717, 1.165) is 36.4 Å². The van der Waals surface area contributed by atoms with Gasteiger partial charge in [-0.15, -0.1) is 11.3 Å². The molecule has 5 nitrogen and oxygen atoms in total. The Hall–Kier alpha value is -1.79. The van der Waals surface area contributed by atoms with Crippen LogP contribution in [0.15, 0.2) is 17.5 Å². The van der Waals surface area contributed by atoms with Crippen LogP contribution in [0.1, 0.15) is 24.3 Å². The van der Waals surface area contributed by atoms with Crippen molar-refractivity contribution in [2.75, 3.05) is 24.6 Å². The van der Waals surface area contributed by atoms with Crippen LogP contribution in [0.4, 0.5) is 11.5 Å². The van der Waals surface area contributed by atoms with Gasteiger partial charge in [-0.1, -0.05) is 0 Å². The van der Waals surface area contributed by atoms with Gasteiger partial charge in [-0.25, -0.2) is 4.98 Å². The zero-order chi connectivity index (χ0) is 14.1. The molecule has 1 fully saturated rings. The van der Waals surface area contributed by atoms with Crippen LogP contribution in [0, 0.1) is 0 Å². The highest BCUT2D eigenvalue weighted by Crippen LogP contribution is 2.38. The van der Waals surface area contributed by atoms with Gasteiger partial charge >= 0.3 is 0 Å². The molecule has 3 heterocycles. The number of hydrogen-bond donors (Lipinski definition) is 4. The van der Waals surface area contributed by atoms with E-state index in [4.69, 9.17) is 11.5 Å². The van der Waals surface area contributed by atoms with Gasteiger partial charge in [-0.05, 0) is 48.4 Å². The molecule has 1 aliphatic rings. The molecule has 106 valence electrons. The molecule has 0 spiro atoms. The smallest absolute Gasteiger partial charge is 0.147 e. The summed E-state index contributed by atoms with van der Waals surface area (Å²) in [6, 6.07) is 3.63. The molecule has 2 aromatic heterocycles. The predicted molar refractivity (Wildman–Crippen MR) is 82.9 cm³/mol. The molecule has 2 aromatic rings. The van der Waals surface area contributed by atoms with E-state index in [-0.39, 0.29) is 5.75 Å². The lowest BCUT2D eigenvalue weighted by atomic mass is 9.90. The number of nitrogens with zero attached hydrogens (tertiary/aromatic N) is 1. The second-order valence-corrected chi connectivity index (χ2v) is 5.99. The zero-order valence-corrected chi connectivity index (χ0v) is 11.9. The first-order chi connectivity index (χ1) is 9.66. The number of hydrogen-bond acceptors (Lipinski definition) is 6. The van der Waals surface area contributed by atoms with Crippen LogP contribution < -0.4 is 16.8 Å². The number of nitrogen functional groups attached to an aromatic ring is 2. The molecule has 0 radical (unpaired) electrons. The molecule has 1 aliphatic heterocycles. The lowest BCUT2D eigenvalue weighted by Crippen LogP contribution is -2.29. The predicted octanol–water partition coefficient (Wildman–Crippen LogP) is 2.15. The fraction of sp³-hybridized carbons (Fsp3) is 0.357. The molecule has 6 N–H and O–H groups in total. The quantitative estimate of drug-likeness (QED) is 0.679. The SMILES string of the molecule is Nc1nc(-c2sccc2O)cc(C2CCCNC2)c1N. The lowest BCUT2D eigenvalue weighted by molar-refractivity contribution is 0.462. The van der Waals surface area contributed by atoms with E-state index >= 15 is 0 Å². The molecule has 0 bridgehead atoms. The summed E-state index contributed by atoms with van der Waals surface area (Å²) in [5, 5.41) is 15.1. The molecule has 0 amide bonds. The molecule has 0 saturated carbocycles. The number of nitrogens with two attached hydrogens (primary N) is 2. The van der Waals surface area contributed by atoms with Crippen molar-refractivity contribution in [1.29, 1.82) is 0 Å². The largest absolute Gasteiger partial charge is 0.506 e. The number of rotatable bonds is 2. The molecule has 6 heteroatoms. The second-order valence-electron chi connectivity index (χ2n) is 5.07. The van der Waals surface area contributed by atoms with Gasteiger partial charge < -0.3 is 21.9 Å². The highest BCUT2D eigenvalue weighted by atomic mass is 32.1. The van der Waals surface area contributed by atoms with Crippen LogP contribution in [0.25, 0.3) is 10.6 Å². The minimum Gasteiger partial charge on any atom is -0.506 e. The number of piperidine rings is 1. The fourth-order valence-corrected chi connectivity index (χ4v) is 3.41. The third kappa shape index (κ3) is 2.32. The number of aromatic nitrogens is 1. The van der Waals surface area contributed by atoms with Crippen LogP contribution >= 0.6 is 11.3 Å². The van der Waals surface area contributed by atoms with Gasteiger partial charge in [-0.3, -0.25) is 0 Å². The van der Waals surface area contributed by atoms with Crippen molar-refractivity contribution < 1.29 is 5.11 Å². The maximum absolute atomic E-state index is 9.85. The van der Waals surface area contributed by atoms with Crippen molar-refractivity contribution in [2.24, 2.45) is 0 Å². The first kappa shape index (κ1) is 13.2. The first-order valence-electron chi connectivity index (χ1n) is 6.70. The zero-order valence-electron chi connectivity index (χ0n) is 11.1. The maximum atomic E-state index is 9.85. The molecular weight excluding hydrogens is 272 g/mol. The summed E-state index contributed by atoms with van der Waals surface area (Å²) in [6.45, 7) is 1.96. The van der Waals surface area contributed by atoms with Crippen molar-refractivity contribution >= 4 is 22.8 Å². The van der Waals surface area contributed by atoms with E-state index < -0.39 is 0 Å². The molecule has 0 aromatic carbocycles. The Labute approximate surface area is 121 Å². The molecule has 0 aliphatic carbocycles. The van der Waals surface area contributed by atoms with Crippen molar-refractivity contribution in [3.05, 3.63) is 23.1 Å². The van der Waals surface area contributed by atoms with Crippen molar-refractivity contribution in [2.45, 2.75) is 18.8 Å². The van der Waals surface area contributed by atoms with Crippen LogP contribution in [-0.2, 0) is 0 Å². The Kier molecular flexibility index (Phi) is 3.50. The molecule has 3 rings (SSSR count). The Balaban J connectivity index is 2.05. The average Bonchev–Trinajstić information content (AvgIpc) is 2.89. The van der Waals surface area contributed by atoms with Crippen LogP contribution in [0.5, 0.6) is 5.75 Å². The van der Waals surface area contributed by atoms with Crippen molar-refractivity contribution in [3.63, 3.8) is 0 Å². The second kappa shape index (κ2) is 5.30. The first-order valence-corrected chi connectivity index (χ1v) is 7.58.